The van der Waals surface area contributed by atoms with Crippen molar-refractivity contribution in [3.63, 3.8) is 0 Å². The molecule has 1 aliphatic heterocycles. The fourth-order valence-electron chi connectivity index (χ4n) is 2.96. The number of methoxy groups -OCH3 is 1. The highest BCUT2D eigenvalue weighted by Gasteiger charge is 2.40. The van der Waals surface area contributed by atoms with Gasteiger partial charge in [0.05, 0.1) is 29.9 Å². The maximum atomic E-state index is 13.2. The second kappa shape index (κ2) is 8.97. The van der Waals surface area contributed by atoms with Gasteiger partial charge in [-0.05, 0) is 42.0 Å². The zero-order valence-corrected chi connectivity index (χ0v) is 17.0. The molecule has 28 heavy (non-hydrogen) atoms. The van der Waals surface area contributed by atoms with Crippen LogP contribution < -0.4 is 14.4 Å². The van der Waals surface area contributed by atoms with E-state index >= 15 is 0 Å². The highest BCUT2D eigenvalue weighted by molar-refractivity contribution is 8.04. The van der Waals surface area contributed by atoms with Crippen LogP contribution in [0.15, 0.2) is 53.4 Å². The van der Waals surface area contributed by atoms with Crippen LogP contribution in [0.1, 0.15) is 25.8 Å². The van der Waals surface area contributed by atoms with Crippen LogP contribution in [0.25, 0.3) is 5.57 Å². The molecule has 0 N–H and O–H groups in total. The largest absolute Gasteiger partial charge is 0.497 e. The lowest BCUT2D eigenvalue weighted by Gasteiger charge is -2.16. The van der Waals surface area contributed by atoms with Gasteiger partial charge in [0, 0.05) is 6.07 Å². The van der Waals surface area contributed by atoms with Crippen molar-refractivity contribution < 1.29 is 19.1 Å². The molecule has 1 heterocycles. The minimum atomic E-state index is -0.323. The van der Waals surface area contributed by atoms with Gasteiger partial charge in [0.2, 0.25) is 0 Å². The van der Waals surface area contributed by atoms with Gasteiger partial charge in [-0.2, -0.15) is 0 Å². The predicted molar refractivity (Wildman–Crippen MR) is 113 cm³/mol. The van der Waals surface area contributed by atoms with Crippen LogP contribution in [0.3, 0.4) is 0 Å². The summed E-state index contributed by atoms with van der Waals surface area (Å²) in [5.41, 5.74) is 1.65. The van der Waals surface area contributed by atoms with Gasteiger partial charge in [-0.15, -0.1) is 11.8 Å². The Bertz CT molecular complexity index is 905. The number of carbonyl (C=O) groups is 2. The summed E-state index contributed by atoms with van der Waals surface area (Å²) in [7, 11) is 1.55. The van der Waals surface area contributed by atoms with Crippen molar-refractivity contribution in [3.05, 3.63) is 59.0 Å². The molecule has 0 aromatic heterocycles. The number of anilines is 1. The molecule has 0 saturated carbocycles. The van der Waals surface area contributed by atoms with Gasteiger partial charge in [0.15, 0.2) is 0 Å². The van der Waals surface area contributed by atoms with Crippen molar-refractivity contribution in [2.24, 2.45) is 0 Å². The Morgan fingerprint density at radius 1 is 0.964 bits per heavy atom. The van der Waals surface area contributed by atoms with Gasteiger partial charge in [0.1, 0.15) is 11.5 Å². The average Bonchev–Trinajstić information content (AvgIpc) is 2.97. The zero-order valence-electron chi connectivity index (χ0n) is 16.2. The molecule has 3 rings (SSSR count). The monoisotopic (exact) mass is 397 g/mol. The van der Waals surface area contributed by atoms with Crippen molar-refractivity contribution in [2.45, 2.75) is 20.3 Å². The first kappa shape index (κ1) is 20.0. The van der Waals surface area contributed by atoms with Crippen LogP contribution in [0.2, 0.25) is 0 Å². The van der Waals surface area contributed by atoms with Crippen molar-refractivity contribution in [1.29, 1.82) is 0 Å². The smallest absolute Gasteiger partial charge is 0.272 e. The summed E-state index contributed by atoms with van der Waals surface area (Å²) >= 11 is 1.39. The van der Waals surface area contributed by atoms with E-state index in [1.807, 2.05) is 38.1 Å². The van der Waals surface area contributed by atoms with Crippen LogP contribution in [-0.4, -0.2) is 31.3 Å². The summed E-state index contributed by atoms with van der Waals surface area (Å²) in [6.45, 7) is 4.65. The van der Waals surface area contributed by atoms with Crippen molar-refractivity contribution in [3.8, 4) is 11.5 Å². The van der Waals surface area contributed by atoms with E-state index in [1.54, 1.807) is 31.4 Å². The van der Waals surface area contributed by atoms with E-state index in [4.69, 9.17) is 9.47 Å². The lowest BCUT2D eigenvalue weighted by molar-refractivity contribution is -0.119. The number of benzene rings is 2. The van der Waals surface area contributed by atoms with Crippen molar-refractivity contribution >= 4 is 34.8 Å². The van der Waals surface area contributed by atoms with Gasteiger partial charge in [0.25, 0.3) is 11.8 Å². The van der Waals surface area contributed by atoms with E-state index in [-0.39, 0.29) is 11.8 Å². The van der Waals surface area contributed by atoms with Gasteiger partial charge in [-0.3, -0.25) is 9.59 Å². The van der Waals surface area contributed by atoms with Crippen LogP contribution in [0, 0.1) is 0 Å². The van der Waals surface area contributed by atoms with Crippen LogP contribution in [-0.2, 0) is 9.59 Å². The number of hydrogen-bond donors (Lipinski definition) is 0. The number of amides is 2. The number of imide groups is 1. The molecule has 0 spiro atoms. The summed E-state index contributed by atoms with van der Waals surface area (Å²) in [4.78, 5) is 28.0. The van der Waals surface area contributed by atoms with E-state index in [9.17, 15) is 9.59 Å². The van der Waals surface area contributed by atoms with Crippen LogP contribution in [0.5, 0.6) is 11.5 Å². The highest BCUT2D eigenvalue weighted by atomic mass is 32.2. The van der Waals surface area contributed by atoms with Crippen molar-refractivity contribution in [1.82, 2.24) is 0 Å². The Morgan fingerprint density at radius 3 is 2.36 bits per heavy atom. The maximum Gasteiger partial charge on any atom is 0.272 e. The molecule has 2 aromatic carbocycles. The molecule has 2 aromatic rings. The Balaban J connectivity index is 1.98. The predicted octanol–water partition coefficient (Wildman–Crippen LogP) is 4.52. The standard InChI is InChI=1S/C22H23NO4S/c1-4-13-27-17-11-9-15(10-12-17)19-20(28-5-2)22(25)23(21(19)24)16-7-6-8-18(14-16)26-3/h6-12,14H,4-5,13H2,1-3H3. The summed E-state index contributed by atoms with van der Waals surface area (Å²) < 4.78 is 10.8. The van der Waals surface area contributed by atoms with Gasteiger partial charge in [-0.25, -0.2) is 4.90 Å². The molecule has 6 heteroatoms. The Kier molecular flexibility index (Phi) is 6.41. The Labute approximate surface area is 169 Å². The fourth-order valence-corrected chi connectivity index (χ4v) is 3.82. The van der Waals surface area contributed by atoms with Crippen molar-refractivity contribution in [2.75, 3.05) is 24.4 Å². The molecule has 0 fully saturated rings. The minimum absolute atomic E-state index is 0.300. The first-order valence-electron chi connectivity index (χ1n) is 9.23. The number of nitrogens with zero attached hydrogens (tertiary/aromatic N) is 1. The van der Waals surface area contributed by atoms with Gasteiger partial charge in [-0.1, -0.05) is 32.0 Å². The number of hydrogen-bond acceptors (Lipinski definition) is 5. The van der Waals surface area contributed by atoms with E-state index in [0.29, 0.717) is 39.8 Å². The third-order valence-electron chi connectivity index (χ3n) is 4.26. The molecule has 2 amide bonds. The second-order valence-electron chi connectivity index (χ2n) is 6.16. The fraction of sp³-hybridized carbons (Fsp3) is 0.273. The third kappa shape index (κ3) is 3.92. The normalized spacial score (nSPS) is 14.0. The molecule has 0 bridgehead atoms. The SMILES string of the molecule is CCCOc1ccc(C2=C(SCC)C(=O)N(c3cccc(OC)c3)C2=O)cc1. The van der Waals surface area contributed by atoms with Gasteiger partial charge < -0.3 is 9.47 Å². The molecule has 0 atom stereocenters. The van der Waals surface area contributed by atoms with E-state index < -0.39 is 0 Å². The molecule has 0 unspecified atom stereocenters. The van der Waals surface area contributed by atoms with E-state index in [2.05, 4.69) is 0 Å². The maximum absolute atomic E-state index is 13.2. The summed E-state index contributed by atoms with van der Waals surface area (Å²) in [5.74, 6) is 1.41. The summed E-state index contributed by atoms with van der Waals surface area (Å²) in [6, 6.07) is 14.3. The van der Waals surface area contributed by atoms with Gasteiger partial charge >= 0.3 is 0 Å². The van der Waals surface area contributed by atoms with Crippen LogP contribution >= 0.6 is 11.8 Å². The molecule has 5 nitrogen and oxygen atoms in total. The lowest BCUT2D eigenvalue weighted by atomic mass is 10.1. The minimum Gasteiger partial charge on any atom is -0.497 e. The third-order valence-corrected chi connectivity index (χ3v) is 5.21. The first-order chi connectivity index (χ1) is 13.6. The molecular weight excluding hydrogens is 374 g/mol. The molecule has 1 aliphatic rings. The van der Waals surface area contributed by atoms with E-state index in [0.717, 1.165) is 12.2 Å². The Hall–Kier alpha value is -2.73. The zero-order chi connectivity index (χ0) is 20.1. The molecular formula is C22H23NO4S. The summed E-state index contributed by atoms with van der Waals surface area (Å²) in [5, 5.41) is 0. The average molecular weight is 397 g/mol. The first-order valence-corrected chi connectivity index (χ1v) is 10.2. The number of rotatable bonds is 8. The number of thioether (sulfide) groups is 1. The van der Waals surface area contributed by atoms with E-state index in [1.165, 1.54) is 16.7 Å². The molecule has 0 saturated heterocycles. The van der Waals surface area contributed by atoms with Crippen LogP contribution in [0.4, 0.5) is 5.69 Å². The quantitative estimate of drug-likeness (QED) is 0.613. The summed E-state index contributed by atoms with van der Waals surface area (Å²) in [6.07, 6.45) is 0.923. The highest BCUT2D eigenvalue weighted by Crippen LogP contribution is 2.39. The topological polar surface area (TPSA) is 55.8 Å². The molecule has 146 valence electrons. The Morgan fingerprint density at radius 2 is 1.71 bits per heavy atom. The molecule has 0 aliphatic carbocycles. The number of ether oxygens (including phenoxy) is 2. The molecule has 0 radical (unpaired) electrons. The lowest BCUT2D eigenvalue weighted by Crippen LogP contribution is -2.31. The number of carbonyl (C=O) groups excluding carboxylic acids is 2. The second-order valence-corrected chi connectivity index (χ2v) is 7.43.